The number of amides is 3. The molecule has 3 amide bonds. The molecule has 0 spiro atoms. The van der Waals surface area contributed by atoms with Crippen molar-refractivity contribution < 1.29 is 14.4 Å². The summed E-state index contributed by atoms with van der Waals surface area (Å²) in [5.74, 6) is -0.922. The maximum Gasteiger partial charge on any atom is 0.245 e. The minimum Gasteiger partial charge on any atom is -0.361 e. The second-order valence-electron chi connectivity index (χ2n) is 12.3. The first kappa shape index (κ1) is 36.5. The number of pyridine rings is 1. The monoisotopic (exact) mass is 748 g/mol. The standard InChI is InChI=1S/C36H45BrN8O3S/c1-45-31(19-24-21-41-28-10-3-2-9-27(24)28)34(47)43-20-23-8-7-17-40-35(23)49-32-14-13-26(37)18-25(32)22-42-29(12-6-16-39)33(46)44-30(36(45)48)11-4-5-15-38/h2-3,7-10,13-14,17-18,21,29-31,41-42H,4-6,11-12,15-16,19-20,22,38-39H2,1H3,(H,43,47)(H,44,46)/t29-,30-,31-/m0/s1. The van der Waals surface area contributed by atoms with Crippen LogP contribution in [0.3, 0.4) is 0 Å². The van der Waals surface area contributed by atoms with Crippen LogP contribution < -0.4 is 27.4 Å². The van der Waals surface area contributed by atoms with Crippen molar-refractivity contribution in [3.05, 3.63) is 88.2 Å². The number of unbranched alkanes of at least 4 members (excludes halogenated alkanes) is 1. The van der Waals surface area contributed by atoms with Crippen molar-refractivity contribution >= 4 is 56.3 Å². The summed E-state index contributed by atoms with van der Waals surface area (Å²) >= 11 is 5.10. The summed E-state index contributed by atoms with van der Waals surface area (Å²) in [6.07, 6.45) is 6.75. The normalized spacial score (nSPS) is 19.6. The molecule has 0 aliphatic carbocycles. The number of carbonyl (C=O) groups excluding carboxylic acids is 3. The molecule has 11 nitrogen and oxygen atoms in total. The number of aromatic amines is 1. The number of fused-ring (bicyclic) bond motifs is 3. The lowest BCUT2D eigenvalue weighted by Crippen LogP contribution is -2.57. The number of nitrogens with zero attached hydrogens (tertiary/aromatic N) is 2. The van der Waals surface area contributed by atoms with Crippen molar-refractivity contribution in [3.8, 4) is 0 Å². The van der Waals surface area contributed by atoms with E-state index in [1.807, 2.05) is 60.8 Å². The van der Waals surface area contributed by atoms with Gasteiger partial charge in [-0.15, -0.1) is 0 Å². The largest absolute Gasteiger partial charge is 0.361 e. The number of para-hydroxylation sites is 1. The molecule has 2 aromatic heterocycles. The van der Waals surface area contributed by atoms with E-state index in [-0.39, 0.29) is 30.7 Å². The summed E-state index contributed by atoms with van der Waals surface area (Å²) in [5.41, 5.74) is 15.4. The van der Waals surface area contributed by atoms with Gasteiger partial charge in [0.1, 0.15) is 17.1 Å². The SMILES string of the molecule is CN1C(=O)[C@H](CCCCN)NC(=O)[C@H](CCCN)NCc2cc(Br)ccc2Sc2ncccc2CNC(=O)[C@@H]1Cc1c[nH]c2ccccc12. The Morgan fingerprint density at radius 2 is 1.71 bits per heavy atom. The van der Waals surface area contributed by atoms with E-state index in [0.29, 0.717) is 51.7 Å². The number of rotatable bonds is 9. The number of likely N-dealkylation sites (N-methyl/N-ethyl adjacent to an activating group) is 1. The molecule has 0 bridgehead atoms. The highest BCUT2D eigenvalue weighted by molar-refractivity contribution is 9.10. The van der Waals surface area contributed by atoms with Gasteiger partial charge in [-0.2, -0.15) is 0 Å². The highest BCUT2D eigenvalue weighted by atomic mass is 79.9. The number of H-pyrrole nitrogens is 1. The second-order valence-corrected chi connectivity index (χ2v) is 14.2. The van der Waals surface area contributed by atoms with Gasteiger partial charge in [-0.1, -0.05) is 52.0 Å². The van der Waals surface area contributed by atoms with Crippen molar-refractivity contribution in [1.82, 2.24) is 30.8 Å². The van der Waals surface area contributed by atoms with Crippen LogP contribution in [0.2, 0.25) is 0 Å². The van der Waals surface area contributed by atoms with Gasteiger partial charge in [-0.3, -0.25) is 14.4 Å². The van der Waals surface area contributed by atoms with Crippen LogP contribution in [0.5, 0.6) is 0 Å². The van der Waals surface area contributed by atoms with Gasteiger partial charge < -0.3 is 37.3 Å². The Morgan fingerprint density at radius 1 is 0.918 bits per heavy atom. The number of halogens is 1. The Kier molecular flexibility index (Phi) is 13.2. The molecule has 3 atom stereocenters. The Balaban J connectivity index is 1.55. The molecule has 2 aromatic carbocycles. The first-order valence-corrected chi connectivity index (χ1v) is 18.3. The van der Waals surface area contributed by atoms with Crippen LogP contribution in [0.25, 0.3) is 10.9 Å². The molecule has 5 rings (SSSR count). The zero-order valence-corrected chi connectivity index (χ0v) is 30.1. The average Bonchev–Trinajstić information content (AvgIpc) is 3.52. The van der Waals surface area contributed by atoms with Crippen LogP contribution in [-0.4, -0.2) is 70.9 Å². The van der Waals surface area contributed by atoms with Crippen molar-refractivity contribution in [1.29, 1.82) is 0 Å². The quantitative estimate of drug-likeness (QED) is 0.140. The lowest BCUT2D eigenvalue weighted by molar-refractivity contribution is -0.142. The number of benzene rings is 2. The third kappa shape index (κ3) is 9.49. The molecule has 1 aliphatic rings. The van der Waals surface area contributed by atoms with Crippen LogP contribution in [0.15, 0.2) is 81.4 Å². The average molecular weight is 750 g/mol. The van der Waals surface area contributed by atoms with Gasteiger partial charge in [0.2, 0.25) is 17.7 Å². The van der Waals surface area contributed by atoms with Crippen molar-refractivity contribution in [2.75, 3.05) is 20.1 Å². The summed E-state index contributed by atoms with van der Waals surface area (Å²) in [6.45, 7) is 1.53. The number of hydrogen-bond acceptors (Lipinski definition) is 8. The van der Waals surface area contributed by atoms with E-state index in [9.17, 15) is 14.4 Å². The van der Waals surface area contributed by atoms with Gasteiger partial charge >= 0.3 is 0 Å². The summed E-state index contributed by atoms with van der Waals surface area (Å²) in [4.78, 5) is 52.8. The first-order chi connectivity index (χ1) is 23.8. The Morgan fingerprint density at radius 3 is 2.53 bits per heavy atom. The molecular weight excluding hydrogens is 704 g/mol. The van der Waals surface area contributed by atoms with Crippen LogP contribution in [0.1, 0.15) is 48.8 Å². The van der Waals surface area contributed by atoms with Gasteiger partial charge in [0.05, 0.1) is 6.04 Å². The molecular formula is C36H45BrN8O3S. The molecule has 13 heteroatoms. The number of nitrogens with one attached hydrogen (secondary N) is 4. The summed E-state index contributed by atoms with van der Waals surface area (Å²) in [7, 11) is 1.64. The number of carbonyl (C=O) groups is 3. The lowest BCUT2D eigenvalue weighted by atomic mass is 10.0. The van der Waals surface area contributed by atoms with Crippen LogP contribution in [0.4, 0.5) is 0 Å². The smallest absolute Gasteiger partial charge is 0.245 e. The van der Waals surface area contributed by atoms with Gasteiger partial charge in [0.25, 0.3) is 0 Å². The predicted octanol–water partition coefficient (Wildman–Crippen LogP) is 3.99. The molecule has 49 heavy (non-hydrogen) atoms. The Bertz CT molecular complexity index is 1750. The van der Waals surface area contributed by atoms with Crippen molar-refractivity contribution in [2.24, 2.45) is 11.5 Å². The number of hydrogen-bond donors (Lipinski definition) is 6. The molecule has 0 saturated carbocycles. The van der Waals surface area contributed by atoms with Crippen molar-refractivity contribution in [2.45, 2.75) is 79.7 Å². The van der Waals surface area contributed by atoms with E-state index < -0.39 is 18.1 Å². The summed E-state index contributed by atoms with van der Waals surface area (Å²) < 4.78 is 0.908. The number of nitrogens with two attached hydrogens (primary N) is 2. The maximum absolute atomic E-state index is 14.3. The van der Waals surface area contributed by atoms with E-state index in [1.54, 1.807) is 13.2 Å². The second kappa shape index (κ2) is 17.8. The summed E-state index contributed by atoms with van der Waals surface area (Å²) in [6, 6.07) is 15.4. The molecule has 0 saturated heterocycles. The van der Waals surface area contributed by atoms with E-state index in [4.69, 9.17) is 11.5 Å². The summed E-state index contributed by atoms with van der Waals surface area (Å²) in [5, 5.41) is 11.3. The van der Waals surface area contributed by atoms with Gasteiger partial charge in [0, 0.05) is 64.8 Å². The molecule has 3 heterocycles. The zero-order chi connectivity index (χ0) is 34.8. The Labute approximate surface area is 299 Å². The molecule has 0 radical (unpaired) electrons. The van der Waals surface area contributed by atoms with Gasteiger partial charge in [0.15, 0.2) is 0 Å². The first-order valence-electron chi connectivity index (χ1n) is 16.7. The molecule has 8 N–H and O–H groups in total. The fraction of sp³-hybridized carbons (Fsp3) is 0.389. The molecule has 0 unspecified atom stereocenters. The number of aromatic nitrogens is 2. The fourth-order valence-electron chi connectivity index (χ4n) is 6.06. The third-order valence-electron chi connectivity index (χ3n) is 8.85. The maximum atomic E-state index is 14.3. The van der Waals surface area contributed by atoms with Crippen LogP contribution in [-0.2, 0) is 33.9 Å². The van der Waals surface area contributed by atoms with Crippen molar-refractivity contribution in [3.63, 3.8) is 0 Å². The van der Waals surface area contributed by atoms with E-state index in [1.165, 1.54) is 16.7 Å². The zero-order valence-electron chi connectivity index (χ0n) is 27.7. The highest BCUT2D eigenvalue weighted by Gasteiger charge is 2.34. The third-order valence-corrected chi connectivity index (χ3v) is 10.5. The van der Waals surface area contributed by atoms with E-state index >= 15 is 0 Å². The topological polar surface area (TPSA) is 171 Å². The molecule has 4 aromatic rings. The van der Waals surface area contributed by atoms with Gasteiger partial charge in [-0.05, 0) is 86.7 Å². The molecule has 260 valence electrons. The fourth-order valence-corrected chi connectivity index (χ4v) is 7.46. The van der Waals surface area contributed by atoms with Crippen LogP contribution >= 0.6 is 27.7 Å². The molecule has 0 fully saturated rings. The lowest BCUT2D eigenvalue weighted by Gasteiger charge is -2.32. The minimum atomic E-state index is -0.853. The molecule has 1 aliphatic heterocycles. The van der Waals surface area contributed by atoms with E-state index in [0.717, 1.165) is 42.0 Å². The highest BCUT2D eigenvalue weighted by Crippen LogP contribution is 2.33. The Hall–Kier alpha value is -3.75. The van der Waals surface area contributed by atoms with Gasteiger partial charge in [-0.25, -0.2) is 4.98 Å². The van der Waals surface area contributed by atoms with Crippen LogP contribution in [0, 0.1) is 0 Å². The van der Waals surface area contributed by atoms with E-state index in [2.05, 4.69) is 41.8 Å². The minimum absolute atomic E-state index is 0.226. The predicted molar refractivity (Wildman–Crippen MR) is 197 cm³/mol.